The summed E-state index contributed by atoms with van der Waals surface area (Å²) in [6, 6.07) is 4.75. The van der Waals surface area contributed by atoms with Crippen molar-refractivity contribution in [3.8, 4) is 11.5 Å². The minimum Gasteiger partial charge on any atom is -0.444 e. The molecule has 16 heavy (non-hydrogen) atoms. The van der Waals surface area contributed by atoms with Gasteiger partial charge < -0.3 is 9.73 Å². The number of hydrogen-bond acceptors (Lipinski definition) is 3. The van der Waals surface area contributed by atoms with Gasteiger partial charge in [0.25, 0.3) is 0 Å². The van der Waals surface area contributed by atoms with Gasteiger partial charge in [0.05, 0.1) is 15.7 Å². The predicted molar refractivity (Wildman–Crippen MR) is 62.4 cm³/mol. The van der Waals surface area contributed by atoms with Gasteiger partial charge in [-0.15, -0.1) is 0 Å². The van der Waals surface area contributed by atoms with E-state index in [4.69, 9.17) is 4.42 Å². The fourth-order valence-electron chi connectivity index (χ4n) is 1.36. The van der Waals surface area contributed by atoms with Crippen LogP contribution in [0.15, 0.2) is 33.4 Å². The number of benzene rings is 1. The summed E-state index contributed by atoms with van der Waals surface area (Å²) in [5, 5.41) is 2.97. The van der Waals surface area contributed by atoms with Crippen LogP contribution in [-0.4, -0.2) is 12.0 Å². The van der Waals surface area contributed by atoms with Gasteiger partial charge in [-0.3, -0.25) is 0 Å². The van der Waals surface area contributed by atoms with Crippen molar-refractivity contribution in [2.24, 2.45) is 0 Å². The quantitative estimate of drug-likeness (QED) is 0.942. The van der Waals surface area contributed by atoms with Gasteiger partial charge in [0, 0.05) is 6.54 Å². The van der Waals surface area contributed by atoms with Crippen LogP contribution in [0, 0.1) is 5.82 Å². The molecule has 0 saturated carbocycles. The third-order valence-corrected chi connectivity index (χ3v) is 2.90. The maximum atomic E-state index is 13.3. The molecule has 0 atom stereocenters. The van der Waals surface area contributed by atoms with Gasteiger partial charge in [0.15, 0.2) is 0 Å². The first-order valence-corrected chi connectivity index (χ1v) is 5.55. The van der Waals surface area contributed by atoms with E-state index in [1.54, 1.807) is 18.4 Å². The van der Waals surface area contributed by atoms with Crippen molar-refractivity contribution in [1.29, 1.82) is 0 Å². The number of oxazole rings is 1. The Balaban J connectivity index is 2.39. The van der Waals surface area contributed by atoms with E-state index in [-0.39, 0.29) is 5.82 Å². The summed E-state index contributed by atoms with van der Waals surface area (Å²) < 4.78 is 19.0. The highest BCUT2D eigenvalue weighted by atomic mass is 79.9. The molecule has 0 unspecified atom stereocenters. The fraction of sp³-hybridized carbons (Fsp3) is 0.182. The van der Waals surface area contributed by atoms with Gasteiger partial charge in [0.2, 0.25) is 5.89 Å². The molecule has 84 valence electrons. The second kappa shape index (κ2) is 4.76. The lowest BCUT2D eigenvalue weighted by Gasteiger charge is -1.99. The average Bonchev–Trinajstić information content (AvgIpc) is 2.71. The summed E-state index contributed by atoms with van der Waals surface area (Å²) >= 11 is 3.17. The predicted octanol–water partition coefficient (Wildman–Crippen LogP) is 2.96. The smallest absolute Gasteiger partial charge is 0.227 e. The van der Waals surface area contributed by atoms with E-state index in [0.717, 1.165) is 5.69 Å². The molecule has 1 N–H and O–H groups in total. The summed E-state index contributed by atoms with van der Waals surface area (Å²) in [4.78, 5) is 4.25. The minimum absolute atomic E-state index is 0.328. The molecule has 0 aliphatic carbocycles. The molecular formula is C11H10BrFN2O. The van der Waals surface area contributed by atoms with E-state index >= 15 is 0 Å². The van der Waals surface area contributed by atoms with Gasteiger partial charge >= 0.3 is 0 Å². The lowest BCUT2D eigenvalue weighted by molar-refractivity contribution is 0.568. The fourth-order valence-corrected chi connectivity index (χ4v) is 1.80. The molecule has 2 aromatic rings. The lowest BCUT2D eigenvalue weighted by Crippen LogP contribution is -2.04. The Bertz CT molecular complexity index is 498. The largest absolute Gasteiger partial charge is 0.444 e. The summed E-state index contributed by atoms with van der Waals surface area (Å²) in [5.41, 5.74) is 1.40. The molecule has 0 radical (unpaired) electrons. The number of rotatable bonds is 3. The zero-order valence-electron chi connectivity index (χ0n) is 8.63. The Morgan fingerprint density at radius 3 is 3.06 bits per heavy atom. The highest BCUT2D eigenvalue weighted by Crippen LogP contribution is 2.29. The van der Waals surface area contributed by atoms with Gasteiger partial charge in [0.1, 0.15) is 12.1 Å². The van der Waals surface area contributed by atoms with Crippen molar-refractivity contribution in [3.63, 3.8) is 0 Å². The van der Waals surface area contributed by atoms with Crippen LogP contribution in [0.25, 0.3) is 11.5 Å². The summed E-state index contributed by atoms with van der Waals surface area (Å²) in [6.45, 7) is 0.621. The van der Waals surface area contributed by atoms with E-state index in [2.05, 4.69) is 26.2 Å². The topological polar surface area (TPSA) is 38.1 Å². The van der Waals surface area contributed by atoms with Crippen LogP contribution >= 0.6 is 15.9 Å². The van der Waals surface area contributed by atoms with Gasteiger partial charge in [-0.05, 0) is 35.1 Å². The SMILES string of the molecule is CNCc1coc(-c2cccc(F)c2Br)n1. The molecule has 1 heterocycles. The molecule has 0 aliphatic rings. The molecule has 0 spiro atoms. The number of nitrogens with one attached hydrogen (secondary N) is 1. The molecular weight excluding hydrogens is 275 g/mol. The molecule has 1 aromatic heterocycles. The molecule has 2 rings (SSSR count). The van der Waals surface area contributed by atoms with Crippen molar-refractivity contribution in [1.82, 2.24) is 10.3 Å². The zero-order valence-corrected chi connectivity index (χ0v) is 10.2. The maximum absolute atomic E-state index is 13.3. The van der Waals surface area contributed by atoms with Crippen LogP contribution in [0.3, 0.4) is 0 Å². The summed E-state index contributed by atoms with van der Waals surface area (Å²) in [6.07, 6.45) is 1.56. The van der Waals surface area contributed by atoms with E-state index < -0.39 is 0 Å². The first-order valence-electron chi connectivity index (χ1n) is 4.75. The van der Waals surface area contributed by atoms with Crippen LogP contribution in [0.2, 0.25) is 0 Å². The molecule has 3 nitrogen and oxygen atoms in total. The summed E-state index contributed by atoms with van der Waals surface area (Å²) in [5.74, 6) is 0.0856. The van der Waals surface area contributed by atoms with E-state index in [1.807, 2.05) is 7.05 Å². The molecule has 1 aromatic carbocycles. The van der Waals surface area contributed by atoms with Crippen LogP contribution in [0.4, 0.5) is 4.39 Å². The first-order chi connectivity index (χ1) is 7.72. The average molecular weight is 285 g/mol. The monoisotopic (exact) mass is 284 g/mol. The van der Waals surface area contributed by atoms with E-state index in [1.165, 1.54) is 6.07 Å². The number of aromatic nitrogens is 1. The Labute approximate surface area is 101 Å². The Morgan fingerprint density at radius 2 is 2.31 bits per heavy atom. The van der Waals surface area contributed by atoms with Crippen molar-refractivity contribution < 1.29 is 8.81 Å². The highest BCUT2D eigenvalue weighted by Gasteiger charge is 2.12. The summed E-state index contributed by atoms with van der Waals surface area (Å²) in [7, 11) is 1.83. The normalized spacial score (nSPS) is 10.7. The van der Waals surface area contributed by atoms with Crippen molar-refractivity contribution in [2.45, 2.75) is 6.54 Å². The van der Waals surface area contributed by atoms with E-state index in [0.29, 0.717) is 22.5 Å². The van der Waals surface area contributed by atoms with Gasteiger partial charge in [-0.25, -0.2) is 9.37 Å². The van der Waals surface area contributed by atoms with Crippen LogP contribution in [-0.2, 0) is 6.54 Å². The molecule has 0 bridgehead atoms. The molecule has 5 heteroatoms. The van der Waals surface area contributed by atoms with Crippen LogP contribution < -0.4 is 5.32 Å². The van der Waals surface area contributed by atoms with Crippen molar-refractivity contribution >= 4 is 15.9 Å². The van der Waals surface area contributed by atoms with Crippen LogP contribution in [0.1, 0.15) is 5.69 Å². The number of hydrogen-bond donors (Lipinski definition) is 1. The van der Waals surface area contributed by atoms with Crippen molar-refractivity contribution in [2.75, 3.05) is 7.05 Å². The minimum atomic E-state index is -0.328. The molecule has 0 amide bonds. The Morgan fingerprint density at radius 1 is 1.50 bits per heavy atom. The second-order valence-electron chi connectivity index (χ2n) is 3.28. The molecule has 0 saturated heterocycles. The third-order valence-electron chi connectivity index (χ3n) is 2.09. The highest BCUT2D eigenvalue weighted by molar-refractivity contribution is 9.10. The van der Waals surface area contributed by atoms with Crippen molar-refractivity contribution in [3.05, 3.63) is 40.4 Å². The Kier molecular flexibility index (Phi) is 3.36. The third kappa shape index (κ3) is 2.15. The second-order valence-corrected chi connectivity index (χ2v) is 4.07. The molecule has 0 aliphatic heterocycles. The first kappa shape index (κ1) is 11.3. The lowest BCUT2D eigenvalue weighted by atomic mass is 10.2. The standard InChI is InChI=1S/C11H10BrFN2O/c1-14-5-7-6-16-11(15-7)8-3-2-4-9(13)10(8)12/h2-4,6,14H,5H2,1H3. The number of halogens is 2. The Hall–Kier alpha value is -1.20. The number of nitrogens with zero attached hydrogens (tertiary/aromatic N) is 1. The zero-order chi connectivity index (χ0) is 11.5. The van der Waals surface area contributed by atoms with Crippen LogP contribution in [0.5, 0.6) is 0 Å². The van der Waals surface area contributed by atoms with Gasteiger partial charge in [-0.1, -0.05) is 6.07 Å². The maximum Gasteiger partial charge on any atom is 0.227 e. The van der Waals surface area contributed by atoms with Gasteiger partial charge in [-0.2, -0.15) is 0 Å². The molecule has 0 fully saturated rings. The van der Waals surface area contributed by atoms with E-state index in [9.17, 15) is 4.39 Å².